The number of rotatable bonds is 3. The molecule has 0 spiro atoms. The van der Waals surface area contributed by atoms with E-state index < -0.39 is 11.2 Å². The fraction of sp³-hybridized carbons (Fsp3) is 0.188. The maximum atomic E-state index is 12.6. The van der Waals surface area contributed by atoms with Gasteiger partial charge in [0, 0.05) is 0 Å². The van der Waals surface area contributed by atoms with Gasteiger partial charge in [0.15, 0.2) is 22.7 Å². The summed E-state index contributed by atoms with van der Waals surface area (Å²) in [6.45, 7) is 0. The van der Waals surface area contributed by atoms with Crippen molar-refractivity contribution in [1.29, 1.82) is 0 Å². The molecule has 3 rings (SSSR count). The fourth-order valence-electron chi connectivity index (χ4n) is 2.52. The Bertz CT molecular complexity index is 972. The van der Waals surface area contributed by atoms with Gasteiger partial charge in [-0.2, -0.15) is 0 Å². The van der Waals surface area contributed by atoms with E-state index in [1.165, 1.54) is 33.5 Å². The van der Waals surface area contributed by atoms with Gasteiger partial charge in [0.1, 0.15) is 0 Å². The molecule has 0 aliphatic rings. The molecule has 1 heterocycles. The largest absolute Gasteiger partial charge is 0.504 e. The van der Waals surface area contributed by atoms with Gasteiger partial charge in [-0.25, -0.2) is 0 Å². The molecular weight excluding hydrogens is 304 g/mol. The van der Waals surface area contributed by atoms with E-state index >= 15 is 0 Å². The molecule has 2 N–H and O–H groups in total. The van der Waals surface area contributed by atoms with Crippen LogP contribution >= 0.6 is 0 Å². The Morgan fingerprint density at radius 1 is 0.913 bits per heavy atom. The second kappa shape index (κ2) is 5.28. The van der Waals surface area contributed by atoms with E-state index in [2.05, 4.69) is 0 Å². The first-order valence-corrected chi connectivity index (χ1v) is 6.63. The van der Waals surface area contributed by atoms with Crippen molar-refractivity contribution in [3.63, 3.8) is 0 Å². The molecule has 1 aromatic heterocycles. The Balaban J connectivity index is 2.56. The predicted octanol–water partition coefficient (Wildman–Crippen LogP) is 2.38. The number of fused-ring (bicyclic) bond motifs is 2. The Morgan fingerprint density at radius 2 is 1.61 bits per heavy atom. The van der Waals surface area contributed by atoms with Gasteiger partial charge in [-0.3, -0.25) is 4.79 Å². The highest BCUT2D eigenvalue weighted by Crippen LogP contribution is 2.43. The molecule has 0 amide bonds. The number of phenolic OH excluding ortho intramolecular Hbond substituents is 2. The molecule has 0 saturated heterocycles. The van der Waals surface area contributed by atoms with E-state index in [4.69, 9.17) is 18.6 Å². The van der Waals surface area contributed by atoms with Crippen LogP contribution in [0.3, 0.4) is 0 Å². The number of methoxy groups -OCH3 is 3. The van der Waals surface area contributed by atoms with Gasteiger partial charge in [0.2, 0.25) is 22.7 Å². The molecule has 120 valence electrons. The summed E-state index contributed by atoms with van der Waals surface area (Å²) in [5.74, 6) is -0.388. The van der Waals surface area contributed by atoms with E-state index in [9.17, 15) is 15.0 Å². The third kappa shape index (κ3) is 2.01. The van der Waals surface area contributed by atoms with Gasteiger partial charge in [-0.1, -0.05) is 0 Å². The highest BCUT2D eigenvalue weighted by atomic mass is 16.5. The molecular formula is C16H14O7. The Labute approximate surface area is 130 Å². The maximum absolute atomic E-state index is 12.6. The highest BCUT2D eigenvalue weighted by Gasteiger charge is 2.21. The first-order valence-electron chi connectivity index (χ1n) is 6.63. The quantitative estimate of drug-likeness (QED) is 0.715. The zero-order valence-corrected chi connectivity index (χ0v) is 12.7. The molecule has 2 aromatic carbocycles. The predicted molar refractivity (Wildman–Crippen MR) is 83.0 cm³/mol. The molecule has 0 radical (unpaired) electrons. The van der Waals surface area contributed by atoms with Crippen LogP contribution in [0.4, 0.5) is 0 Å². The van der Waals surface area contributed by atoms with Gasteiger partial charge in [-0.05, 0) is 18.2 Å². The van der Waals surface area contributed by atoms with Crippen molar-refractivity contribution in [3.8, 4) is 28.7 Å². The summed E-state index contributed by atoms with van der Waals surface area (Å²) in [6.07, 6.45) is 0. The minimum atomic E-state index is -0.466. The van der Waals surface area contributed by atoms with Crippen molar-refractivity contribution < 1.29 is 28.8 Å². The number of benzene rings is 2. The zero-order chi connectivity index (χ0) is 16.7. The third-order valence-corrected chi connectivity index (χ3v) is 3.59. The van der Waals surface area contributed by atoms with Crippen LogP contribution in [0.1, 0.15) is 0 Å². The lowest BCUT2D eigenvalue weighted by molar-refractivity contribution is 0.342. The lowest BCUT2D eigenvalue weighted by atomic mass is 10.1. The summed E-state index contributed by atoms with van der Waals surface area (Å²) < 4.78 is 21.0. The molecule has 0 saturated carbocycles. The molecule has 23 heavy (non-hydrogen) atoms. The van der Waals surface area contributed by atoms with Crippen LogP contribution in [0.25, 0.3) is 21.9 Å². The van der Waals surface area contributed by atoms with Crippen LogP contribution in [0.2, 0.25) is 0 Å². The molecule has 0 aliphatic carbocycles. The second-order valence-electron chi connectivity index (χ2n) is 4.76. The van der Waals surface area contributed by atoms with E-state index in [-0.39, 0.29) is 39.2 Å². The highest BCUT2D eigenvalue weighted by molar-refractivity contribution is 5.97. The lowest BCUT2D eigenvalue weighted by Gasteiger charge is -2.12. The minimum Gasteiger partial charge on any atom is -0.504 e. The fourth-order valence-corrected chi connectivity index (χ4v) is 2.52. The standard InChI is InChI=1S/C16H14O7/c1-20-10-5-4-7-11(18)8-6-9(17)15(21-2)12(19)13(8)23-14(7)16(10)22-3/h4-6,17,19H,1-3H3. The number of hydrogen-bond acceptors (Lipinski definition) is 7. The summed E-state index contributed by atoms with van der Waals surface area (Å²) in [5.41, 5.74) is -0.397. The molecule has 0 aliphatic heterocycles. The Kier molecular flexibility index (Phi) is 3.40. The van der Waals surface area contributed by atoms with Gasteiger partial charge in [0.25, 0.3) is 0 Å². The van der Waals surface area contributed by atoms with E-state index in [0.29, 0.717) is 5.75 Å². The number of aromatic hydroxyl groups is 2. The van der Waals surface area contributed by atoms with Crippen LogP contribution in [0.15, 0.2) is 27.4 Å². The van der Waals surface area contributed by atoms with E-state index in [1.807, 2.05) is 0 Å². The van der Waals surface area contributed by atoms with Crippen LogP contribution in [0.5, 0.6) is 28.7 Å². The molecule has 0 bridgehead atoms. The second-order valence-corrected chi connectivity index (χ2v) is 4.76. The molecule has 7 nitrogen and oxygen atoms in total. The van der Waals surface area contributed by atoms with Crippen molar-refractivity contribution in [3.05, 3.63) is 28.4 Å². The first kappa shape index (κ1) is 14.8. The Morgan fingerprint density at radius 3 is 2.22 bits per heavy atom. The van der Waals surface area contributed by atoms with Crippen LogP contribution < -0.4 is 19.6 Å². The molecule has 0 atom stereocenters. The summed E-state index contributed by atoms with van der Waals surface area (Å²) in [4.78, 5) is 12.6. The van der Waals surface area contributed by atoms with E-state index in [1.54, 1.807) is 6.07 Å². The molecule has 3 aromatic rings. The average molecular weight is 318 g/mol. The summed E-state index contributed by atoms with van der Waals surface area (Å²) in [6, 6.07) is 4.29. The molecule has 7 heteroatoms. The SMILES string of the molecule is COc1ccc2c(=O)c3cc(O)c(OC)c(O)c3oc2c1OC. The van der Waals surface area contributed by atoms with Crippen LogP contribution in [-0.2, 0) is 0 Å². The average Bonchev–Trinajstić information content (AvgIpc) is 2.55. The normalized spacial score (nSPS) is 10.9. The van der Waals surface area contributed by atoms with Crippen LogP contribution in [0, 0.1) is 0 Å². The van der Waals surface area contributed by atoms with Gasteiger partial charge in [0.05, 0.1) is 32.1 Å². The third-order valence-electron chi connectivity index (χ3n) is 3.59. The number of hydrogen-bond donors (Lipinski definition) is 2. The minimum absolute atomic E-state index is 0.0283. The van der Waals surface area contributed by atoms with Crippen molar-refractivity contribution in [2.24, 2.45) is 0 Å². The summed E-state index contributed by atoms with van der Waals surface area (Å²) in [7, 11) is 4.16. The summed E-state index contributed by atoms with van der Waals surface area (Å²) >= 11 is 0. The monoisotopic (exact) mass is 318 g/mol. The van der Waals surface area contributed by atoms with E-state index in [0.717, 1.165) is 0 Å². The van der Waals surface area contributed by atoms with Crippen LogP contribution in [-0.4, -0.2) is 31.5 Å². The first-order chi connectivity index (χ1) is 11.0. The smallest absolute Gasteiger partial charge is 0.206 e. The topological polar surface area (TPSA) is 98.4 Å². The Hall–Kier alpha value is -3.09. The van der Waals surface area contributed by atoms with Crippen molar-refractivity contribution >= 4 is 21.9 Å². The van der Waals surface area contributed by atoms with Crippen molar-refractivity contribution in [2.75, 3.05) is 21.3 Å². The molecule has 0 unspecified atom stereocenters. The lowest BCUT2D eigenvalue weighted by Crippen LogP contribution is -2.04. The zero-order valence-electron chi connectivity index (χ0n) is 12.7. The number of ether oxygens (including phenoxy) is 3. The number of phenols is 2. The molecule has 0 fully saturated rings. The van der Waals surface area contributed by atoms with Gasteiger partial charge < -0.3 is 28.8 Å². The van der Waals surface area contributed by atoms with Crippen molar-refractivity contribution in [2.45, 2.75) is 0 Å². The maximum Gasteiger partial charge on any atom is 0.206 e. The van der Waals surface area contributed by atoms with Crippen molar-refractivity contribution in [1.82, 2.24) is 0 Å². The van der Waals surface area contributed by atoms with Gasteiger partial charge >= 0.3 is 0 Å². The summed E-state index contributed by atoms with van der Waals surface area (Å²) in [5, 5.41) is 20.3. The van der Waals surface area contributed by atoms with Gasteiger partial charge in [-0.15, -0.1) is 0 Å².